The van der Waals surface area contributed by atoms with Crippen molar-refractivity contribution in [3.8, 4) is 0 Å². The molecule has 12 heteroatoms. The largest absolute Gasteiger partial charge is 0.360 e. The minimum absolute atomic E-state index is 0.0180. The summed E-state index contributed by atoms with van der Waals surface area (Å²) >= 11 is 0. The lowest BCUT2D eigenvalue weighted by molar-refractivity contribution is -0.122. The van der Waals surface area contributed by atoms with Gasteiger partial charge in [-0.2, -0.15) is 4.31 Å². The van der Waals surface area contributed by atoms with Gasteiger partial charge in [-0.15, -0.1) is 0 Å². The first-order valence-electron chi connectivity index (χ1n) is 9.02. The lowest BCUT2D eigenvalue weighted by atomic mass is 10.2. The minimum Gasteiger partial charge on any atom is -0.360 e. The summed E-state index contributed by atoms with van der Waals surface area (Å²) in [5.74, 6) is -0.490. The Balaban J connectivity index is 1.64. The second-order valence-electron chi connectivity index (χ2n) is 6.75. The molecule has 1 saturated heterocycles. The lowest BCUT2D eigenvalue weighted by Crippen LogP contribution is -2.49. The van der Waals surface area contributed by atoms with Gasteiger partial charge < -0.3 is 20.1 Å². The normalized spacial score (nSPS) is 14.8. The topological polar surface area (TPSA) is 142 Å². The van der Waals surface area contributed by atoms with Crippen molar-refractivity contribution in [1.82, 2.24) is 19.7 Å². The molecule has 1 aromatic heterocycles. The van der Waals surface area contributed by atoms with E-state index in [1.165, 1.54) is 36.2 Å². The molecule has 1 aliphatic heterocycles. The number of nitrogens with one attached hydrogen (secondary N) is 2. The average molecular weight is 435 g/mol. The molecule has 0 bridgehead atoms. The van der Waals surface area contributed by atoms with Crippen LogP contribution in [0.15, 0.2) is 39.8 Å². The summed E-state index contributed by atoms with van der Waals surface area (Å²) in [6.45, 7) is 1.63. The molecule has 0 unspecified atom stereocenters. The van der Waals surface area contributed by atoms with Crippen LogP contribution in [0.25, 0.3) is 0 Å². The molecule has 3 amide bonds. The number of likely N-dealkylation sites (N-methyl/N-ethyl adjacent to an activating group) is 1. The van der Waals surface area contributed by atoms with Crippen LogP contribution in [0.3, 0.4) is 0 Å². The zero-order chi connectivity index (χ0) is 21.9. The molecule has 11 nitrogen and oxygen atoms in total. The molecule has 0 atom stereocenters. The predicted octanol–water partition coefficient (Wildman–Crippen LogP) is -0.186. The molecule has 0 aliphatic carbocycles. The molecule has 0 radical (unpaired) electrons. The Bertz CT molecular complexity index is 1060. The number of amides is 3. The highest BCUT2D eigenvalue weighted by molar-refractivity contribution is 7.89. The maximum Gasteiger partial charge on any atom is 0.254 e. The Morgan fingerprint density at radius 3 is 2.60 bits per heavy atom. The van der Waals surface area contributed by atoms with Crippen molar-refractivity contribution in [2.75, 3.05) is 38.5 Å². The molecule has 2 heterocycles. The molecule has 160 valence electrons. The smallest absolute Gasteiger partial charge is 0.254 e. The first-order chi connectivity index (χ1) is 14.2. The third kappa shape index (κ3) is 4.83. The molecule has 1 aromatic carbocycles. The summed E-state index contributed by atoms with van der Waals surface area (Å²) in [5, 5.41) is 8.73. The molecular formula is C18H21N5O6S. The third-order valence-corrected chi connectivity index (χ3v) is 6.22. The van der Waals surface area contributed by atoms with E-state index >= 15 is 0 Å². The van der Waals surface area contributed by atoms with Gasteiger partial charge in [-0.1, -0.05) is 5.16 Å². The van der Waals surface area contributed by atoms with E-state index in [1.54, 1.807) is 13.0 Å². The first-order valence-corrected chi connectivity index (χ1v) is 10.5. The Kier molecular flexibility index (Phi) is 6.17. The number of aryl methyl sites for hydroxylation is 1. The van der Waals surface area contributed by atoms with Crippen LogP contribution in [0.4, 0.5) is 5.82 Å². The van der Waals surface area contributed by atoms with Gasteiger partial charge in [0.15, 0.2) is 5.82 Å². The van der Waals surface area contributed by atoms with Crippen molar-refractivity contribution in [3.05, 3.63) is 41.7 Å². The Morgan fingerprint density at radius 1 is 1.30 bits per heavy atom. The van der Waals surface area contributed by atoms with Crippen molar-refractivity contribution in [1.29, 1.82) is 0 Å². The number of rotatable bonds is 6. The molecule has 2 N–H and O–H groups in total. The van der Waals surface area contributed by atoms with Crippen LogP contribution in [-0.4, -0.2) is 73.7 Å². The van der Waals surface area contributed by atoms with Gasteiger partial charge in [-0.25, -0.2) is 8.42 Å². The van der Waals surface area contributed by atoms with Gasteiger partial charge in [-0.3, -0.25) is 14.4 Å². The lowest BCUT2D eigenvalue weighted by Gasteiger charge is -2.26. The average Bonchev–Trinajstić information content (AvgIpc) is 3.11. The van der Waals surface area contributed by atoms with Crippen molar-refractivity contribution in [3.63, 3.8) is 0 Å². The number of nitrogens with zero attached hydrogens (tertiary/aromatic N) is 3. The number of carbonyl (C=O) groups is 3. The molecule has 0 spiro atoms. The van der Waals surface area contributed by atoms with Crippen LogP contribution in [0.2, 0.25) is 0 Å². The molecular weight excluding hydrogens is 414 g/mol. The summed E-state index contributed by atoms with van der Waals surface area (Å²) in [6, 6.07) is 6.90. The van der Waals surface area contributed by atoms with Gasteiger partial charge in [0.05, 0.1) is 18.0 Å². The number of carbonyl (C=O) groups excluding carboxylic acids is 3. The van der Waals surface area contributed by atoms with Crippen molar-refractivity contribution < 1.29 is 27.3 Å². The maximum atomic E-state index is 12.7. The fraction of sp³-hybridized carbons (Fsp3) is 0.333. The zero-order valence-corrected chi connectivity index (χ0v) is 17.2. The van der Waals surface area contributed by atoms with Gasteiger partial charge in [0.25, 0.3) is 5.91 Å². The summed E-state index contributed by atoms with van der Waals surface area (Å²) in [4.78, 5) is 37.2. The van der Waals surface area contributed by atoms with Gasteiger partial charge in [0.2, 0.25) is 21.8 Å². The highest BCUT2D eigenvalue weighted by atomic mass is 32.2. The Labute approximate surface area is 173 Å². The molecule has 2 aromatic rings. The van der Waals surface area contributed by atoms with Crippen molar-refractivity contribution in [2.24, 2.45) is 0 Å². The molecule has 0 saturated carbocycles. The van der Waals surface area contributed by atoms with Gasteiger partial charge in [-0.05, 0) is 31.2 Å². The highest BCUT2D eigenvalue weighted by Gasteiger charge is 2.29. The second-order valence-corrected chi connectivity index (χ2v) is 8.68. The van der Waals surface area contributed by atoms with Crippen molar-refractivity contribution >= 4 is 33.6 Å². The van der Waals surface area contributed by atoms with E-state index in [-0.39, 0.29) is 48.4 Å². The zero-order valence-electron chi connectivity index (χ0n) is 16.4. The molecule has 3 rings (SSSR count). The van der Waals surface area contributed by atoms with Crippen molar-refractivity contribution in [2.45, 2.75) is 11.8 Å². The van der Waals surface area contributed by atoms with Crippen LogP contribution in [0, 0.1) is 6.92 Å². The Morgan fingerprint density at radius 2 is 2.00 bits per heavy atom. The number of sulfonamides is 1. The number of benzene rings is 1. The minimum atomic E-state index is -3.84. The van der Waals surface area contributed by atoms with E-state index in [1.807, 2.05) is 0 Å². The number of hydrogen-bond donors (Lipinski definition) is 2. The Hall–Kier alpha value is -3.25. The summed E-state index contributed by atoms with van der Waals surface area (Å²) < 4.78 is 31.2. The van der Waals surface area contributed by atoms with Gasteiger partial charge in [0.1, 0.15) is 5.76 Å². The summed E-state index contributed by atoms with van der Waals surface area (Å²) in [7, 11) is -2.39. The number of aromatic nitrogens is 1. The predicted molar refractivity (Wildman–Crippen MR) is 105 cm³/mol. The fourth-order valence-electron chi connectivity index (χ4n) is 2.85. The quantitative estimate of drug-likeness (QED) is 0.641. The van der Waals surface area contributed by atoms with Crippen LogP contribution in [0.1, 0.15) is 16.1 Å². The van der Waals surface area contributed by atoms with Crippen LogP contribution < -0.4 is 10.6 Å². The van der Waals surface area contributed by atoms with E-state index in [0.717, 1.165) is 4.31 Å². The van der Waals surface area contributed by atoms with Crippen LogP contribution in [0.5, 0.6) is 0 Å². The monoisotopic (exact) mass is 435 g/mol. The maximum absolute atomic E-state index is 12.7. The number of piperazine rings is 1. The third-order valence-electron chi connectivity index (χ3n) is 4.37. The van der Waals surface area contributed by atoms with Crippen LogP contribution >= 0.6 is 0 Å². The SMILES string of the molecule is Cc1cc(NC(=O)CN(C)C(=O)c2ccc(S(=O)(=O)N3CCNC(=O)C3)cc2)no1. The number of hydrogen-bond acceptors (Lipinski definition) is 7. The standard InChI is InChI=1S/C18H21N5O6S/c1-12-9-15(21-29-12)20-17(25)10-22(2)18(26)13-3-5-14(6-4-13)30(27,28)23-8-7-19-16(24)11-23/h3-6,9H,7-8,10-11H2,1-2H3,(H,19,24)(H,20,21,25). The van der Waals surface area contributed by atoms with Gasteiger partial charge >= 0.3 is 0 Å². The second kappa shape index (κ2) is 8.63. The highest BCUT2D eigenvalue weighted by Crippen LogP contribution is 2.18. The van der Waals surface area contributed by atoms with Crippen LogP contribution in [-0.2, 0) is 19.6 Å². The fourth-order valence-corrected chi connectivity index (χ4v) is 4.25. The summed E-state index contributed by atoms with van der Waals surface area (Å²) in [5.41, 5.74) is 0.220. The molecule has 1 fully saturated rings. The van der Waals surface area contributed by atoms with E-state index in [9.17, 15) is 22.8 Å². The van der Waals surface area contributed by atoms with E-state index in [2.05, 4.69) is 15.8 Å². The molecule has 30 heavy (non-hydrogen) atoms. The van der Waals surface area contributed by atoms with E-state index in [4.69, 9.17) is 4.52 Å². The number of anilines is 1. The van der Waals surface area contributed by atoms with Gasteiger partial charge in [0, 0.05) is 31.8 Å². The van der Waals surface area contributed by atoms with E-state index < -0.39 is 21.8 Å². The summed E-state index contributed by atoms with van der Waals surface area (Å²) in [6.07, 6.45) is 0. The first kappa shape index (κ1) is 21.5. The van der Waals surface area contributed by atoms with E-state index in [0.29, 0.717) is 5.76 Å². The molecule has 1 aliphatic rings.